The summed E-state index contributed by atoms with van der Waals surface area (Å²) in [5, 5.41) is 12.3. The van der Waals surface area contributed by atoms with E-state index >= 15 is 0 Å². The van der Waals surface area contributed by atoms with E-state index in [1.54, 1.807) is 0 Å². The third-order valence-corrected chi connectivity index (χ3v) is 0.683. The van der Waals surface area contributed by atoms with Crippen molar-refractivity contribution in [2.45, 2.75) is 13.3 Å². The largest absolute Gasteiger partial charge is 0.184 e. The number of thiocyanates is 1. The minimum atomic E-state index is 0.828. The molecule has 0 spiro atoms. The standard InChI is InChI=1S/C5H5NS/c1-2-3-4-7-5-6/h2H2,1H3. The van der Waals surface area contributed by atoms with Gasteiger partial charge in [0.05, 0.1) is 0 Å². The summed E-state index contributed by atoms with van der Waals surface area (Å²) in [4.78, 5) is 0. The highest BCUT2D eigenvalue weighted by molar-refractivity contribution is 8.08. The molecule has 0 aromatic rings. The highest BCUT2D eigenvalue weighted by Crippen LogP contribution is 1.88. The zero-order valence-electron chi connectivity index (χ0n) is 4.06. The fourth-order valence-corrected chi connectivity index (χ4v) is 0.393. The molecule has 0 bridgehead atoms. The van der Waals surface area contributed by atoms with Crippen LogP contribution in [0.15, 0.2) is 0 Å². The maximum absolute atomic E-state index is 7.90. The molecule has 0 rings (SSSR count). The van der Waals surface area contributed by atoms with Gasteiger partial charge < -0.3 is 0 Å². The van der Waals surface area contributed by atoms with Crippen LogP contribution in [0.2, 0.25) is 0 Å². The monoisotopic (exact) mass is 111 g/mol. The Balaban J connectivity index is 3.12. The normalized spacial score (nSPS) is 5.71. The van der Waals surface area contributed by atoms with Gasteiger partial charge in [-0.25, -0.2) is 0 Å². The van der Waals surface area contributed by atoms with Crippen LogP contribution < -0.4 is 0 Å². The summed E-state index contributed by atoms with van der Waals surface area (Å²) < 4.78 is 0. The van der Waals surface area contributed by atoms with Crippen molar-refractivity contribution in [3.63, 3.8) is 0 Å². The summed E-state index contributed by atoms with van der Waals surface area (Å²) in [5.41, 5.74) is 0. The van der Waals surface area contributed by atoms with Gasteiger partial charge in [-0.1, -0.05) is 12.8 Å². The van der Waals surface area contributed by atoms with Crippen molar-refractivity contribution in [1.82, 2.24) is 0 Å². The highest BCUT2D eigenvalue weighted by Gasteiger charge is 1.64. The second-order valence-corrected chi connectivity index (χ2v) is 1.42. The highest BCUT2D eigenvalue weighted by atomic mass is 32.2. The van der Waals surface area contributed by atoms with Crippen LogP contribution in [0.25, 0.3) is 0 Å². The van der Waals surface area contributed by atoms with Crippen molar-refractivity contribution >= 4 is 11.8 Å². The first-order valence-electron chi connectivity index (χ1n) is 1.94. The van der Waals surface area contributed by atoms with Crippen molar-refractivity contribution in [2.75, 3.05) is 0 Å². The van der Waals surface area contributed by atoms with Gasteiger partial charge in [-0.2, -0.15) is 5.26 Å². The van der Waals surface area contributed by atoms with Gasteiger partial charge in [-0.3, -0.25) is 0 Å². The van der Waals surface area contributed by atoms with Gasteiger partial charge in [-0.15, -0.1) is 0 Å². The molecule has 0 heterocycles. The topological polar surface area (TPSA) is 23.8 Å². The molecular weight excluding hydrogens is 106 g/mol. The van der Waals surface area contributed by atoms with Gasteiger partial charge >= 0.3 is 0 Å². The van der Waals surface area contributed by atoms with Crippen LogP contribution in [0.4, 0.5) is 0 Å². The summed E-state index contributed by atoms with van der Waals surface area (Å²) in [6, 6.07) is 0. The number of hydrogen-bond donors (Lipinski definition) is 0. The van der Waals surface area contributed by atoms with Crippen LogP contribution in [-0.2, 0) is 0 Å². The Morgan fingerprint density at radius 2 is 2.43 bits per heavy atom. The van der Waals surface area contributed by atoms with Gasteiger partial charge in [0.2, 0.25) is 0 Å². The zero-order chi connectivity index (χ0) is 5.54. The molecule has 7 heavy (non-hydrogen) atoms. The van der Waals surface area contributed by atoms with Crippen molar-refractivity contribution in [3.05, 3.63) is 0 Å². The predicted octanol–water partition coefficient (Wildman–Crippen LogP) is 1.57. The summed E-state index contributed by atoms with van der Waals surface area (Å²) in [7, 11) is 0. The van der Waals surface area contributed by atoms with Crippen molar-refractivity contribution in [3.8, 4) is 16.6 Å². The van der Waals surface area contributed by atoms with Gasteiger partial charge in [0, 0.05) is 18.2 Å². The number of hydrogen-bond acceptors (Lipinski definition) is 2. The van der Waals surface area contributed by atoms with Gasteiger partial charge in [0.15, 0.2) is 0 Å². The second-order valence-electron chi connectivity index (χ2n) is 0.826. The van der Waals surface area contributed by atoms with E-state index in [9.17, 15) is 0 Å². The Labute approximate surface area is 47.7 Å². The number of thioether (sulfide) groups is 1. The van der Waals surface area contributed by atoms with Crippen molar-refractivity contribution < 1.29 is 0 Å². The smallest absolute Gasteiger partial charge is 0.147 e. The number of nitriles is 1. The average Bonchev–Trinajstić information content (AvgIpc) is 1.69. The Morgan fingerprint density at radius 1 is 1.71 bits per heavy atom. The molecule has 0 fully saturated rings. The molecule has 0 aliphatic carbocycles. The number of rotatable bonds is 0. The molecule has 0 atom stereocenters. The van der Waals surface area contributed by atoms with Crippen LogP contribution in [0.5, 0.6) is 0 Å². The molecule has 1 nitrogen and oxygen atoms in total. The first-order valence-corrected chi connectivity index (χ1v) is 2.76. The summed E-state index contributed by atoms with van der Waals surface area (Å²) >= 11 is 0.977. The van der Waals surface area contributed by atoms with Gasteiger partial charge in [-0.05, 0) is 5.25 Å². The van der Waals surface area contributed by atoms with Gasteiger partial charge in [0.25, 0.3) is 0 Å². The first kappa shape index (κ1) is 6.40. The lowest BCUT2D eigenvalue weighted by molar-refractivity contribution is 1.28. The van der Waals surface area contributed by atoms with Crippen LogP contribution in [0.1, 0.15) is 13.3 Å². The minimum absolute atomic E-state index is 0.828. The second kappa shape index (κ2) is 5.40. The average molecular weight is 111 g/mol. The SMILES string of the molecule is CCC#CSC#N. The van der Waals surface area contributed by atoms with Gasteiger partial charge in [0.1, 0.15) is 5.40 Å². The molecule has 2 heteroatoms. The van der Waals surface area contributed by atoms with E-state index in [1.165, 1.54) is 0 Å². The van der Waals surface area contributed by atoms with E-state index in [-0.39, 0.29) is 0 Å². The maximum atomic E-state index is 7.90. The Bertz CT molecular complexity index is 123. The molecule has 0 amide bonds. The van der Waals surface area contributed by atoms with Crippen molar-refractivity contribution in [2.24, 2.45) is 0 Å². The van der Waals surface area contributed by atoms with E-state index in [0.29, 0.717) is 0 Å². The third-order valence-electron chi connectivity index (χ3n) is 0.346. The predicted molar refractivity (Wildman–Crippen MR) is 31.3 cm³/mol. The lowest BCUT2D eigenvalue weighted by Crippen LogP contribution is -1.47. The molecule has 0 aromatic carbocycles. The molecular formula is C5H5NS. The van der Waals surface area contributed by atoms with E-state index in [1.807, 2.05) is 12.3 Å². The quantitative estimate of drug-likeness (QED) is 0.350. The molecule has 0 saturated carbocycles. The lowest BCUT2D eigenvalue weighted by Gasteiger charge is -1.63. The first-order chi connectivity index (χ1) is 3.41. The zero-order valence-corrected chi connectivity index (χ0v) is 4.88. The maximum Gasteiger partial charge on any atom is 0.147 e. The van der Waals surface area contributed by atoms with E-state index < -0.39 is 0 Å². The Hall–Kier alpha value is -0.600. The van der Waals surface area contributed by atoms with Crippen LogP contribution >= 0.6 is 11.8 Å². The molecule has 0 unspecified atom stereocenters. The van der Waals surface area contributed by atoms with E-state index in [2.05, 4.69) is 11.2 Å². The molecule has 36 valence electrons. The Morgan fingerprint density at radius 3 is 2.86 bits per heavy atom. The minimum Gasteiger partial charge on any atom is -0.184 e. The summed E-state index contributed by atoms with van der Waals surface area (Å²) in [6.45, 7) is 1.95. The fourth-order valence-electron chi connectivity index (χ4n) is 0.131. The molecule has 0 aliphatic heterocycles. The fraction of sp³-hybridized carbons (Fsp3) is 0.400. The van der Waals surface area contributed by atoms with E-state index in [4.69, 9.17) is 5.26 Å². The van der Waals surface area contributed by atoms with Crippen molar-refractivity contribution in [1.29, 1.82) is 5.26 Å². The molecule has 0 radical (unpaired) electrons. The molecule has 0 aliphatic rings. The van der Waals surface area contributed by atoms with Crippen LogP contribution in [0.3, 0.4) is 0 Å². The lowest BCUT2D eigenvalue weighted by atomic mass is 10.5. The summed E-state index contributed by atoms with van der Waals surface area (Å²) in [6.07, 6.45) is 0.828. The molecule has 0 saturated heterocycles. The molecule has 0 aromatic heterocycles. The third kappa shape index (κ3) is 5.40. The van der Waals surface area contributed by atoms with Crippen LogP contribution in [-0.4, -0.2) is 0 Å². The van der Waals surface area contributed by atoms with Crippen LogP contribution in [0, 0.1) is 21.8 Å². The number of nitrogens with zero attached hydrogens (tertiary/aromatic N) is 1. The van der Waals surface area contributed by atoms with E-state index in [0.717, 1.165) is 18.2 Å². The molecule has 0 N–H and O–H groups in total. The Kier molecular flexibility index (Phi) is 4.94. The summed E-state index contributed by atoms with van der Waals surface area (Å²) in [5.74, 6) is 2.74.